The molecule has 3 N–H and O–H groups in total. The van der Waals surface area contributed by atoms with Crippen LogP contribution in [0.5, 0.6) is 0 Å². The summed E-state index contributed by atoms with van der Waals surface area (Å²) >= 11 is 0. The van der Waals surface area contributed by atoms with Crippen molar-refractivity contribution in [1.82, 2.24) is 10.6 Å². The summed E-state index contributed by atoms with van der Waals surface area (Å²) in [6.07, 6.45) is 5.23. The molecule has 104 valence electrons. The molecule has 2 atom stereocenters. The first-order valence-electron chi connectivity index (χ1n) is 6.83. The molecule has 0 bridgehead atoms. The van der Waals surface area contributed by atoms with Crippen LogP contribution in [0.3, 0.4) is 0 Å². The second-order valence-electron chi connectivity index (χ2n) is 5.16. The van der Waals surface area contributed by atoms with Gasteiger partial charge in [0.05, 0.1) is 0 Å². The van der Waals surface area contributed by atoms with E-state index in [2.05, 4.69) is 17.6 Å². The summed E-state index contributed by atoms with van der Waals surface area (Å²) < 4.78 is 0. The Morgan fingerprint density at radius 2 is 2.00 bits per heavy atom. The molecule has 1 saturated carbocycles. The molecule has 0 aliphatic heterocycles. The van der Waals surface area contributed by atoms with Crippen LogP contribution in [0.15, 0.2) is 0 Å². The molecule has 0 heterocycles. The van der Waals surface area contributed by atoms with Gasteiger partial charge < -0.3 is 15.7 Å². The summed E-state index contributed by atoms with van der Waals surface area (Å²) in [5.41, 5.74) is 0. The van der Waals surface area contributed by atoms with Crippen molar-refractivity contribution in [1.29, 1.82) is 0 Å². The minimum absolute atomic E-state index is 0.135. The fourth-order valence-corrected chi connectivity index (χ4v) is 2.41. The number of carbonyl (C=O) groups excluding carboxylic acids is 1. The van der Waals surface area contributed by atoms with Gasteiger partial charge in [-0.25, -0.2) is 4.79 Å². The number of carboxylic acid groups (broad SMARTS) is 1. The Kier molecular flexibility index (Phi) is 6.54. The Morgan fingerprint density at radius 1 is 1.22 bits per heavy atom. The highest BCUT2D eigenvalue weighted by molar-refractivity contribution is 5.73. The number of carbonyl (C=O) groups is 2. The summed E-state index contributed by atoms with van der Waals surface area (Å²) in [7, 11) is 0. The summed E-state index contributed by atoms with van der Waals surface area (Å²) in [6, 6.07) is -0.135. The van der Waals surface area contributed by atoms with Crippen LogP contribution >= 0.6 is 0 Å². The van der Waals surface area contributed by atoms with E-state index in [1.807, 2.05) is 0 Å². The summed E-state index contributed by atoms with van der Waals surface area (Å²) in [6.45, 7) is 3.53. The maximum Gasteiger partial charge on any atom is 0.314 e. The maximum atomic E-state index is 11.5. The molecule has 2 unspecified atom stereocenters. The maximum absolute atomic E-state index is 11.5. The van der Waals surface area contributed by atoms with Crippen molar-refractivity contribution in [2.24, 2.45) is 11.8 Å². The lowest BCUT2D eigenvalue weighted by Gasteiger charge is -2.16. The largest absolute Gasteiger partial charge is 0.481 e. The van der Waals surface area contributed by atoms with E-state index in [-0.39, 0.29) is 12.5 Å². The van der Waals surface area contributed by atoms with Crippen molar-refractivity contribution >= 4 is 12.0 Å². The lowest BCUT2D eigenvalue weighted by atomic mass is 9.98. The van der Waals surface area contributed by atoms with Crippen LogP contribution in [0.2, 0.25) is 0 Å². The first-order valence-corrected chi connectivity index (χ1v) is 6.83. The van der Waals surface area contributed by atoms with Crippen LogP contribution in [-0.2, 0) is 4.79 Å². The van der Waals surface area contributed by atoms with Crippen molar-refractivity contribution in [3.8, 4) is 0 Å². The van der Waals surface area contributed by atoms with E-state index in [4.69, 9.17) is 5.11 Å². The number of carboxylic acids is 1. The Morgan fingerprint density at radius 3 is 2.61 bits per heavy atom. The molecule has 0 aromatic heterocycles. The quantitative estimate of drug-likeness (QED) is 0.609. The zero-order chi connectivity index (χ0) is 13.4. The molecule has 1 fully saturated rings. The molecule has 5 nitrogen and oxygen atoms in total. The summed E-state index contributed by atoms with van der Waals surface area (Å²) in [5.74, 6) is 0.540. The van der Waals surface area contributed by atoms with Gasteiger partial charge >= 0.3 is 12.0 Å². The van der Waals surface area contributed by atoms with E-state index in [1.54, 1.807) is 0 Å². The second-order valence-corrected chi connectivity index (χ2v) is 5.16. The van der Waals surface area contributed by atoms with Gasteiger partial charge in [-0.2, -0.15) is 0 Å². The average molecular weight is 256 g/mol. The third-order valence-electron chi connectivity index (χ3n) is 3.67. The highest BCUT2D eigenvalue weighted by atomic mass is 16.4. The first-order chi connectivity index (χ1) is 8.59. The van der Waals surface area contributed by atoms with Crippen molar-refractivity contribution < 1.29 is 14.7 Å². The fraction of sp³-hybridized carbons (Fsp3) is 0.846. The van der Waals surface area contributed by atoms with Crippen LogP contribution in [-0.4, -0.2) is 30.2 Å². The number of amides is 2. The van der Waals surface area contributed by atoms with Gasteiger partial charge in [0.2, 0.25) is 0 Å². The smallest absolute Gasteiger partial charge is 0.314 e. The van der Waals surface area contributed by atoms with Crippen LogP contribution < -0.4 is 10.6 Å². The van der Waals surface area contributed by atoms with E-state index in [9.17, 15) is 9.59 Å². The molecule has 0 aromatic rings. The van der Waals surface area contributed by atoms with Crippen molar-refractivity contribution in [3.63, 3.8) is 0 Å². The summed E-state index contributed by atoms with van der Waals surface area (Å²) in [5, 5.41) is 14.1. The molecule has 0 aromatic carbocycles. The number of hydrogen-bond acceptors (Lipinski definition) is 2. The normalized spacial score (nSPS) is 22.7. The van der Waals surface area contributed by atoms with E-state index < -0.39 is 5.97 Å². The van der Waals surface area contributed by atoms with Gasteiger partial charge in [-0.3, -0.25) is 4.79 Å². The number of aliphatic carboxylic acids is 1. The zero-order valence-electron chi connectivity index (χ0n) is 11.1. The van der Waals surface area contributed by atoms with Crippen molar-refractivity contribution in [2.45, 2.75) is 45.4 Å². The Hall–Kier alpha value is -1.26. The van der Waals surface area contributed by atoms with Gasteiger partial charge in [-0.15, -0.1) is 0 Å². The molecule has 0 radical (unpaired) electrons. The minimum atomic E-state index is -0.783. The lowest BCUT2D eigenvalue weighted by Crippen LogP contribution is -2.39. The number of unbranched alkanes of at least 4 members (excludes halogenated alkanes) is 1. The number of rotatable bonds is 7. The van der Waals surface area contributed by atoms with Crippen LogP contribution in [0.25, 0.3) is 0 Å². The Labute approximate surface area is 108 Å². The monoisotopic (exact) mass is 256 g/mol. The van der Waals surface area contributed by atoms with Crippen LogP contribution in [0, 0.1) is 11.8 Å². The molecule has 5 heteroatoms. The molecular weight excluding hydrogens is 232 g/mol. The van der Waals surface area contributed by atoms with Gasteiger partial charge in [0.15, 0.2) is 0 Å². The van der Waals surface area contributed by atoms with E-state index >= 15 is 0 Å². The molecule has 0 saturated heterocycles. The first kappa shape index (κ1) is 14.8. The molecule has 2 amide bonds. The molecule has 1 rings (SSSR count). The van der Waals surface area contributed by atoms with Crippen molar-refractivity contribution in [3.05, 3.63) is 0 Å². The number of hydrogen-bond donors (Lipinski definition) is 3. The highest BCUT2D eigenvalue weighted by Gasteiger charge is 2.23. The van der Waals surface area contributed by atoms with E-state index in [0.29, 0.717) is 31.2 Å². The molecule has 0 spiro atoms. The topological polar surface area (TPSA) is 78.4 Å². The third kappa shape index (κ3) is 5.89. The lowest BCUT2D eigenvalue weighted by molar-refractivity contribution is -0.137. The highest BCUT2D eigenvalue weighted by Crippen LogP contribution is 2.30. The van der Waals surface area contributed by atoms with Crippen LogP contribution in [0.1, 0.15) is 45.4 Å². The average Bonchev–Trinajstić information content (AvgIpc) is 2.71. The number of urea groups is 1. The number of nitrogens with one attached hydrogen (secondary N) is 2. The van der Waals surface area contributed by atoms with Gasteiger partial charge in [-0.1, -0.05) is 19.8 Å². The molecular formula is C13H24N2O3. The zero-order valence-corrected chi connectivity index (χ0v) is 11.1. The fourth-order valence-electron chi connectivity index (χ4n) is 2.41. The van der Waals surface area contributed by atoms with Crippen LogP contribution in [0.4, 0.5) is 4.79 Å². The van der Waals surface area contributed by atoms with E-state index in [0.717, 1.165) is 6.54 Å². The molecule has 1 aliphatic rings. The molecule has 1 aliphatic carbocycles. The Bertz CT molecular complexity index is 281. The minimum Gasteiger partial charge on any atom is -0.481 e. The second kappa shape index (κ2) is 7.95. The predicted molar refractivity (Wildman–Crippen MR) is 69.4 cm³/mol. The molecule has 18 heavy (non-hydrogen) atoms. The standard InChI is InChI=1S/C13H24N2O3/c1-10-5-4-6-11(10)9-15-13(18)14-8-3-2-7-12(16)17/h10-11H,2-9H2,1H3,(H,16,17)(H2,14,15,18). The van der Waals surface area contributed by atoms with Gasteiger partial charge in [0.1, 0.15) is 0 Å². The van der Waals surface area contributed by atoms with E-state index in [1.165, 1.54) is 19.3 Å². The Balaban J connectivity index is 1.98. The van der Waals surface area contributed by atoms with Gasteiger partial charge in [0, 0.05) is 19.5 Å². The van der Waals surface area contributed by atoms with Gasteiger partial charge in [-0.05, 0) is 31.1 Å². The van der Waals surface area contributed by atoms with Crippen molar-refractivity contribution in [2.75, 3.05) is 13.1 Å². The predicted octanol–water partition coefficient (Wildman–Crippen LogP) is 1.98. The SMILES string of the molecule is CC1CCCC1CNC(=O)NCCCCC(=O)O. The summed E-state index contributed by atoms with van der Waals surface area (Å²) in [4.78, 5) is 21.7. The van der Waals surface area contributed by atoms with Gasteiger partial charge in [0.25, 0.3) is 0 Å². The third-order valence-corrected chi connectivity index (χ3v) is 3.67.